The summed E-state index contributed by atoms with van der Waals surface area (Å²) < 4.78 is 0. The average molecular weight is 224 g/mol. The Morgan fingerprint density at radius 2 is 1.87 bits per heavy atom. The Balaban J connectivity index is 2.06. The highest BCUT2D eigenvalue weighted by molar-refractivity contribution is 6.37. The molecule has 3 nitrogen and oxygen atoms in total. The molecule has 0 spiro atoms. The van der Waals surface area contributed by atoms with Crippen LogP contribution in [-0.2, 0) is 16.1 Å². The van der Waals surface area contributed by atoms with Crippen molar-refractivity contribution in [2.45, 2.75) is 13.0 Å². The van der Waals surface area contributed by atoms with Gasteiger partial charge in [-0.15, -0.1) is 0 Å². The average Bonchev–Trinajstić information content (AvgIpc) is 2.53. The van der Waals surface area contributed by atoms with Crippen molar-refractivity contribution in [3.63, 3.8) is 0 Å². The minimum atomic E-state index is -0.370. The van der Waals surface area contributed by atoms with Crippen LogP contribution >= 0.6 is 11.6 Å². The fraction of sp³-hybridized carbons (Fsp3) is 0.273. The molecule has 0 unspecified atom stereocenters. The fourth-order valence-corrected chi connectivity index (χ4v) is 1.71. The molecule has 78 valence electrons. The zero-order chi connectivity index (χ0) is 10.8. The number of carbonyl (C=O) groups is 2. The summed E-state index contributed by atoms with van der Waals surface area (Å²) in [6.07, 6.45) is 0.340. The van der Waals surface area contributed by atoms with Gasteiger partial charge in [0.25, 0.3) is 5.91 Å². The summed E-state index contributed by atoms with van der Waals surface area (Å²) >= 11 is 5.75. The van der Waals surface area contributed by atoms with Crippen molar-refractivity contribution in [3.8, 4) is 0 Å². The van der Waals surface area contributed by atoms with Crippen molar-refractivity contribution in [3.05, 3.63) is 34.9 Å². The molecule has 1 aromatic carbocycles. The number of amides is 1. The number of rotatable bonds is 2. The highest BCUT2D eigenvalue weighted by Crippen LogP contribution is 2.14. The molecule has 1 aliphatic heterocycles. The van der Waals surface area contributed by atoms with E-state index in [1.807, 2.05) is 12.1 Å². The number of benzene rings is 1. The normalized spacial score (nSPS) is 16.2. The molecule has 1 fully saturated rings. The molecular weight excluding hydrogens is 214 g/mol. The standard InChI is InChI=1S/C11H10ClNO2/c12-9-3-1-8(2-4-9)7-13-6-5-10(14)11(13)15/h1-4H,5-7H2. The largest absolute Gasteiger partial charge is 0.331 e. The molecule has 0 aromatic heterocycles. The van der Waals surface area contributed by atoms with Gasteiger partial charge in [0, 0.05) is 24.5 Å². The Kier molecular flexibility index (Phi) is 2.73. The van der Waals surface area contributed by atoms with Crippen LogP contribution < -0.4 is 0 Å². The monoisotopic (exact) mass is 223 g/mol. The van der Waals surface area contributed by atoms with Crippen LogP contribution in [0.25, 0.3) is 0 Å². The fourth-order valence-electron chi connectivity index (χ4n) is 1.58. The third-order valence-electron chi connectivity index (χ3n) is 2.42. The van der Waals surface area contributed by atoms with Gasteiger partial charge in [-0.2, -0.15) is 0 Å². The van der Waals surface area contributed by atoms with Gasteiger partial charge >= 0.3 is 0 Å². The van der Waals surface area contributed by atoms with Gasteiger partial charge in [0.05, 0.1) is 0 Å². The van der Waals surface area contributed by atoms with Gasteiger partial charge in [-0.3, -0.25) is 9.59 Å². The molecule has 1 aliphatic rings. The van der Waals surface area contributed by atoms with E-state index in [9.17, 15) is 9.59 Å². The van der Waals surface area contributed by atoms with Crippen molar-refractivity contribution >= 4 is 23.3 Å². The van der Waals surface area contributed by atoms with Gasteiger partial charge in [0.1, 0.15) is 0 Å². The van der Waals surface area contributed by atoms with Gasteiger partial charge in [-0.1, -0.05) is 23.7 Å². The smallest absolute Gasteiger partial charge is 0.290 e. The predicted octanol–water partition coefficient (Wildman–Crippen LogP) is 1.64. The third kappa shape index (κ3) is 2.18. The van der Waals surface area contributed by atoms with Crippen molar-refractivity contribution in [1.82, 2.24) is 4.90 Å². The molecule has 1 aromatic rings. The SMILES string of the molecule is O=C1CCN(Cc2ccc(Cl)cc2)C1=O. The number of hydrogen-bond acceptors (Lipinski definition) is 2. The summed E-state index contributed by atoms with van der Waals surface area (Å²) in [6, 6.07) is 7.27. The van der Waals surface area contributed by atoms with E-state index in [2.05, 4.69) is 0 Å². The molecule has 2 rings (SSSR count). The van der Waals surface area contributed by atoms with Crippen LogP contribution in [0.1, 0.15) is 12.0 Å². The van der Waals surface area contributed by atoms with Crippen LogP contribution in [-0.4, -0.2) is 23.1 Å². The predicted molar refractivity (Wildman–Crippen MR) is 56.5 cm³/mol. The molecule has 0 saturated carbocycles. The Hall–Kier alpha value is -1.35. The summed E-state index contributed by atoms with van der Waals surface area (Å²) in [6.45, 7) is 1.02. The van der Waals surface area contributed by atoms with Crippen LogP contribution in [0, 0.1) is 0 Å². The molecule has 0 radical (unpaired) electrons. The maximum Gasteiger partial charge on any atom is 0.290 e. The van der Waals surface area contributed by atoms with Gasteiger partial charge in [-0.25, -0.2) is 0 Å². The lowest BCUT2D eigenvalue weighted by atomic mass is 10.2. The van der Waals surface area contributed by atoms with E-state index in [0.29, 0.717) is 24.5 Å². The molecule has 1 amide bonds. The number of hydrogen-bond donors (Lipinski definition) is 0. The maximum atomic E-state index is 11.3. The van der Waals surface area contributed by atoms with Crippen LogP contribution in [0.5, 0.6) is 0 Å². The Morgan fingerprint density at radius 1 is 1.20 bits per heavy atom. The maximum absolute atomic E-state index is 11.3. The topological polar surface area (TPSA) is 37.4 Å². The zero-order valence-electron chi connectivity index (χ0n) is 8.07. The molecule has 0 N–H and O–H groups in total. The molecular formula is C11H10ClNO2. The van der Waals surface area contributed by atoms with Crippen LogP contribution in [0.4, 0.5) is 0 Å². The van der Waals surface area contributed by atoms with E-state index in [1.54, 1.807) is 17.0 Å². The lowest BCUT2D eigenvalue weighted by Gasteiger charge is -2.14. The summed E-state index contributed by atoms with van der Waals surface area (Å²) in [5.41, 5.74) is 0.988. The lowest BCUT2D eigenvalue weighted by Crippen LogP contribution is -2.26. The summed E-state index contributed by atoms with van der Waals surface area (Å²) in [4.78, 5) is 23.9. The Bertz CT molecular complexity index is 400. The van der Waals surface area contributed by atoms with E-state index in [1.165, 1.54) is 0 Å². The molecule has 15 heavy (non-hydrogen) atoms. The van der Waals surface area contributed by atoms with Gasteiger partial charge in [0.2, 0.25) is 5.78 Å². The number of nitrogens with zero attached hydrogens (tertiary/aromatic N) is 1. The van der Waals surface area contributed by atoms with Crippen LogP contribution in [0.15, 0.2) is 24.3 Å². The van der Waals surface area contributed by atoms with E-state index in [0.717, 1.165) is 5.56 Å². The Labute approximate surface area is 92.6 Å². The Morgan fingerprint density at radius 3 is 2.40 bits per heavy atom. The number of halogens is 1. The van der Waals surface area contributed by atoms with Crippen molar-refractivity contribution in [2.75, 3.05) is 6.54 Å². The molecule has 0 bridgehead atoms. The first-order valence-electron chi connectivity index (χ1n) is 4.73. The van der Waals surface area contributed by atoms with Gasteiger partial charge in [-0.05, 0) is 17.7 Å². The molecule has 0 atom stereocenters. The van der Waals surface area contributed by atoms with E-state index >= 15 is 0 Å². The second-order valence-electron chi connectivity index (χ2n) is 3.53. The summed E-state index contributed by atoms with van der Waals surface area (Å²) in [7, 11) is 0. The summed E-state index contributed by atoms with van der Waals surface area (Å²) in [5, 5.41) is 0.669. The van der Waals surface area contributed by atoms with Crippen molar-refractivity contribution in [1.29, 1.82) is 0 Å². The quantitative estimate of drug-likeness (QED) is 0.715. The van der Waals surface area contributed by atoms with Crippen molar-refractivity contribution in [2.24, 2.45) is 0 Å². The van der Waals surface area contributed by atoms with Crippen LogP contribution in [0.2, 0.25) is 5.02 Å². The highest BCUT2D eigenvalue weighted by Gasteiger charge is 2.28. The lowest BCUT2D eigenvalue weighted by molar-refractivity contribution is -0.140. The highest BCUT2D eigenvalue weighted by atomic mass is 35.5. The van der Waals surface area contributed by atoms with Gasteiger partial charge < -0.3 is 4.90 Å². The number of Topliss-reactive ketones (excluding diaryl/α,β-unsaturated/α-hetero) is 1. The zero-order valence-corrected chi connectivity index (χ0v) is 8.83. The third-order valence-corrected chi connectivity index (χ3v) is 2.67. The minimum absolute atomic E-state index is 0.288. The summed E-state index contributed by atoms with van der Waals surface area (Å²) in [5.74, 6) is -0.658. The molecule has 4 heteroatoms. The minimum Gasteiger partial charge on any atom is -0.331 e. The first-order chi connectivity index (χ1) is 7.16. The van der Waals surface area contributed by atoms with E-state index in [4.69, 9.17) is 11.6 Å². The number of likely N-dealkylation sites (tertiary alicyclic amines) is 1. The molecule has 0 aliphatic carbocycles. The second kappa shape index (κ2) is 4.03. The van der Waals surface area contributed by atoms with Crippen LogP contribution in [0.3, 0.4) is 0 Å². The van der Waals surface area contributed by atoms with Crippen molar-refractivity contribution < 1.29 is 9.59 Å². The first kappa shape index (κ1) is 10.2. The number of ketones is 1. The molecule has 1 heterocycles. The second-order valence-corrected chi connectivity index (χ2v) is 3.96. The first-order valence-corrected chi connectivity index (χ1v) is 5.11. The number of carbonyl (C=O) groups excluding carboxylic acids is 2. The van der Waals surface area contributed by atoms with E-state index < -0.39 is 0 Å². The van der Waals surface area contributed by atoms with E-state index in [-0.39, 0.29) is 11.7 Å². The molecule has 1 saturated heterocycles. The van der Waals surface area contributed by atoms with Gasteiger partial charge in [0.15, 0.2) is 0 Å².